The second-order valence-corrected chi connectivity index (χ2v) is 7.45. The van der Waals surface area contributed by atoms with Gasteiger partial charge < -0.3 is 19.9 Å². The summed E-state index contributed by atoms with van der Waals surface area (Å²) in [6.45, 7) is 18.3. The van der Waals surface area contributed by atoms with Gasteiger partial charge >= 0.3 is 0 Å². The van der Waals surface area contributed by atoms with Crippen LogP contribution in [0.2, 0.25) is 0 Å². The van der Waals surface area contributed by atoms with Gasteiger partial charge in [0.2, 0.25) is 0 Å². The van der Waals surface area contributed by atoms with Crippen LogP contribution in [0, 0.1) is 11.3 Å². The van der Waals surface area contributed by atoms with Gasteiger partial charge in [0.05, 0.1) is 6.61 Å². The number of nitrogens with zero attached hydrogens (tertiary/aromatic N) is 2. The van der Waals surface area contributed by atoms with Gasteiger partial charge in [0.15, 0.2) is 0 Å². The van der Waals surface area contributed by atoms with E-state index in [2.05, 4.69) is 35.9 Å². The van der Waals surface area contributed by atoms with Gasteiger partial charge in [-0.15, -0.1) is 0 Å². The second kappa shape index (κ2) is 8.47. The fraction of sp³-hybridized carbons (Fsp3) is 1.00. The summed E-state index contributed by atoms with van der Waals surface area (Å²) in [5.74, 6) is 0.724. The summed E-state index contributed by atoms with van der Waals surface area (Å²) in [4.78, 5) is 5.27. The molecule has 0 aromatic carbocycles. The Morgan fingerprint density at radius 3 is 2.43 bits per heavy atom. The van der Waals surface area contributed by atoms with Gasteiger partial charge in [0, 0.05) is 51.3 Å². The summed E-state index contributed by atoms with van der Waals surface area (Å²) in [5.41, 5.74) is 0.349. The number of hydrogen-bond donors (Lipinski definition) is 1. The van der Waals surface area contributed by atoms with E-state index in [4.69, 9.17) is 4.74 Å². The van der Waals surface area contributed by atoms with Crippen LogP contribution in [0.25, 0.3) is 0 Å². The van der Waals surface area contributed by atoms with Crippen molar-refractivity contribution in [2.45, 2.75) is 33.6 Å². The summed E-state index contributed by atoms with van der Waals surface area (Å²) in [6, 6.07) is 0. The molecule has 21 heavy (non-hydrogen) atoms. The molecule has 0 aromatic rings. The molecule has 0 spiro atoms. The molecule has 1 N–H and O–H groups in total. The van der Waals surface area contributed by atoms with E-state index in [1.807, 2.05) is 0 Å². The van der Waals surface area contributed by atoms with Crippen molar-refractivity contribution in [1.82, 2.24) is 15.1 Å². The first-order valence-electron chi connectivity index (χ1n) is 8.87. The van der Waals surface area contributed by atoms with Gasteiger partial charge in [-0.25, -0.2) is 0 Å². The molecule has 2 heterocycles. The average molecular weight is 297 g/mol. The first-order chi connectivity index (χ1) is 10.1. The molecule has 0 aromatic heterocycles. The van der Waals surface area contributed by atoms with Gasteiger partial charge in [-0.1, -0.05) is 20.8 Å². The molecule has 0 radical (unpaired) electrons. The minimum absolute atomic E-state index is 0.349. The van der Waals surface area contributed by atoms with E-state index in [1.165, 1.54) is 52.1 Å². The van der Waals surface area contributed by atoms with Crippen molar-refractivity contribution in [3.05, 3.63) is 0 Å². The summed E-state index contributed by atoms with van der Waals surface area (Å²) < 4.78 is 5.74. The Bertz CT molecular complexity index is 282. The van der Waals surface area contributed by atoms with Crippen LogP contribution in [-0.2, 0) is 4.74 Å². The molecule has 2 aliphatic heterocycles. The Balaban J connectivity index is 1.77. The average Bonchev–Trinajstić information content (AvgIpc) is 2.90. The van der Waals surface area contributed by atoms with Gasteiger partial charge in [-0.05, 0) is 31.8 Å². The first kappa shape index (κ1) is 17.2. The highest BCUT2D eigenvalue weighted by atomic mass is 16.5. The Morgan fingerprint density at radius 2 is 1.86 bits per heavy atom. The molecule has 4 heteroatoms. The Labute approximate surface area is 131 Å². The van der Waals surface area contributed by atoms with Crippen LogP contribution in [0.4, 0.5) is 0 Å². The molecule has 0 saturated carbocycles. The first-order valence-corrected chi connectivity index (χ1v) is 8.87. The molecular weight excluding hydrogens is 262 g/mol. The van der Waals surface area contributed by atoms with Crippen molar-refractivity contribution in [2.75, 3.05) is 65.6 Å². The number of nitrogens with one attached hydrogen (secondary N) is 1. The molecule has 4 nitrogen and oxygen atoms in total. The van der Waals surface area contributed by atoms with Crippen molar-refractivity contribution < 1.29 is 4.74 Å². The van der Waals surface area contributed by atoms with E-state index in [-0.39, 0.29) is 0 Å². The molecule has 1 atom stereocenters. The van der Waals surface area contributed by atoms with E-state index in [9.17, 15) is 0 Å². The fourth-order valence-electron chi connectivity index (χ4n) is 3.56. The number of ether oxygens (including phenoxy) is 1. The Kier molecular flexibility index (Phi) is 6.93. The lowest BCUT2D eigenvalue weighted by atomic mass is 9.86. The minimum atomic E-state index is 0.349. The quantitative estimate of drug-likeness (QED) is 0.737. The lowest BCUT2D eigenvalue weighted by Gasteiger charge is -2.40. The van der Waals surface area contributed by atoms with E-state index in [0.717, 1.165) is 32.2 Å². The predicted octanol–water partition coefficient (Wildman–Crippen LogP) is 1.67. The minimum Gasteiger partial charge on any atom is -0.381 e. The number of piperazine rings is 1. The van der Waals surface area contributed by atoms with Gasteiger partial charge in [-0.2, -0.15) is 0 Å². The Hall–Kier alpha value is -0.160. The van der Waals surface area contributed by atoms with Crippen LogP contribution in [0.15, 0.2) is 0 Å². The topological polar surface area (TPSA) is 27.7 Å². The van der Waals surface area contributed by atoms with Crippen molar-refractivity contribution >= 4 is 0 Å². The molecule has 1 unspecified atom stereocenters. The molecule has 0 bridgehead atoms. The van der Waals surface area contributed by atoms with Crippen molar-refractivity contribution in [2.24, 2.45) is 11.3 Å². The van der Waals surface area contributed by atoms with Crippen molar-refractivity contribution in [3.63, 3.8) is 0 Å². The molecular formula is C17H35N3O. The zero-order chi connectivity index (χ0) is 15.1. The summed E-state index contributed by atoms with van der Waals surface area (Å²) in [5, 5.41) is 3.67. The molecule has 2 aliphatic rings. The molecule has 2 rings (SSSR count). The zero-order valence-corrected chi connectivity index (χ0v) is 14.4. The number of rotatable bonds is 8. The lowest BCUT2D eigenvalue weighted by Crippen LogP contribution is -2.52. The van der Waals surface area contributed by atoms with Crippen molar-refractivity contribution in [3.8, 4) is 0 Å². The highest BCUT2D eigenvalue weighted by molar-refractivity contribution is 4.90. The molecule has 124 valence electrons. The summed E-state index contributed by atoms with van der Waals surface area (Å²) >= 11 is 0. The smallest absolute Gasteiger partial charge is 0.0547 e. The van der Waals surface area contributed by atoms with Crippen molar-refractivity contribution in [1.29, 1.82) is 0 Å². The summed E-state index contributed by atoms with van der Waals surface area (Å²) in [7, 11) is 0. The maximum atomic E-state index is 5.74. The largest absolute Gasteiger partial charge is 0.381 e. The third kappa shape index (κ3) is 5.51. The number of hydrogen-bond acceptors (Lipinski definition) is 4. The highest BCUT2D eigenvalue weighted by Crippen LogP contribution is 2.29. The SMILES string of the molecule is CCCN1CCN(CC2(CNCC(C)C)CCOC2)CC1. The van der Waals surface area contributed by atoms with E-state index in [0.29, 0.717) is 5.41 Å². The highest BCUT2D eigenvalue weighted by Gasteiger charge is 2.37. The van der Waals surface area contributed by atoms with Crippen LogP contribution in [0.1, 0.15) is 33.6 Å². The zero-order valence-electron chi connectivity index (χ0n) is 14.4. The van der Waals surface area contributed by atoms with Gasteiger partial charge in [0.1, 0.15) is 0 Å². The molecule has 0 aliphatic carbocycles. The van der Waals surface area contributed by atoms with Gasteiger partial charge in [-0.3, -0.25) is 0 Å². The van der Waals surface area contributed by atoms with Crippen LogP contribution < -0.4 is 5.32 Å². The third-order valence-electron chi connectivity index (χ3n) is 4.80. The molecule has 2 fully saturated rings. The van der Waals surface area contributed by atoms with Gasteiger partial charge in [0.25, 0.3) is 0 Å². The van der Waals surface area contributed by atoms with E-state index < -0.39 is 0 Å². The fourth-order valence-corrected chi connectivity index (χ4v) is 3.56. The second-order valence-electron chi connectivity index (χ2n) is 7.45. The van der Waals surface area contributed by atoms with Crippen LogP contribution in [0.5, 0.6) is 0 Å². The monoisotopic (exact) mass is 297 g/mol. The summed E-state index contributed by atoms with van der Waals surface area (Å²) in [6.07, 6.45) is 2.49. The molecule has 0 amide bonds. The standard InChI is InChI=1S/C17H35N3O/c1-4-6-19-7-9-20(10-8-19)14-17(5-11-21-15-17)13-18-12-16(2)3/h16,18H,4-15H2,1-3H3. The maximum Gasteiger partial charge on any atom is 0.0547 e. The Morgan fingerprint density at radius 1 is 1.14 bits per heavy atom. The normalized spacial score (nSPS) is 28.6. The predicted molar refractivity (Wildman–Crippen MR) is 88.7 cm³/mol. The van der Waals surface area contributed by atoms with Crippen LogP contribution in [-0.4, -0.2) is 75.4 Å². The third-order valence-corrected chi connectivity index (χ3v) is 4.80. The van der Waals surface area contributed by atoms with E-state index in [1.54, 1.807) is 0 Å². The lowest BCUT2D eigenvalue weighted by molar-refractivity contribution is 0.0709. The van der Waals surface area contributed by atoms with E-state index >= 15 is 0 Å². The van der Waals surface area contributed by atoms with Crippen LogP contribution in [0.3, 0.4) is 0 Å². The maximum absolute atomic E-state index is 5.74. The molecule has 2 saturated heterocycles. The van der Waals surface area contributed by atoms with Crippen LogP contribution >= 0.6 is 0 Å².